The van der Waals surface area contributed by atoms with Gasteiger partial charge in [-0.1, -0.05) is 0 Å². The molecule has 0 bridgehead atoms. The third kappa shape index (κ3) is 3.77. The average molecular weight is 387 g/mol. The summed E-state index contributed by atoms with van der Waals surface area (Å²) in [5.41, 5.74) is 2.75. The van der Waals surface area contributed by atoms with E-state index in [2.05, 4.69) is 5.10 Å². The number of nitrogens with zero attached hydrogens (tertiary/aromatic N) is 3. The second-order valence-corrected chi connectivity index (χ2v) is 6.94. The maximum atomic E-state index is 13.3. The summed E-state index contributed by atoms with van der Waals surface area (Å²) in [5.74, 6) is -1.16. The molecule has 0 N–H and O–H groups in total. The molecule has 1 aromatic heterocycles. The molecule has 0 unspecified atom stereocenters. The first kappa shape index (κ1) is 18.6. The minimum absolute atomic E-state index is 0.233. The van der Waals surface area contributed by atoms with Gasteiger partial charge < -0.3 is 14.4 Å². The number of amides is 1. The van der Waals surface area contributed by atoms with Crippen molar-refractivity contribution in [1.29, 1.82) is 0 Å². The van der Waals surface area contributed by atoms with E-state index in [-0.39, 0.29) is 24.0 Å². The average Bonchev–Trinajstić information content (AvgIpc) is 3.13. The van der Waals surface area contributed by atoms with E-state index in [1.165, 1.54) is 12.1 Å². The largest absolute Gasteiger partial charge is 0.451 e. The van der Waals surface area contributed by atoms with Crippen molar-refractivity contribution < 1.29 is 23.5 Å². The standard InChI is InChI=1S/C20H22FN3O4/c21-14-5-7-15(8-6-14)24-17-4-2-1-3-16(17)19(22-24)20(26)28-13-18(25)23-9-11-27-12-10-23/h5-8H,1-4,9-13H2. The molecule has 1 amide bonds. The number of esters is 1. The molecule has 8 heteroatoms. The molecule has 1 aromatic carbocycles. The van der Waals surface area contributed by atoms with Gasteiger partial charge in [-0.15, -0.1) is 0 Å². The number of carbonyl (C=O) groups excluding carboxylic acids is 2. The molecule has 0 radical (unpaired) electrons. The van der Waals surface area contributed by atoms with Crippen LogP contribution in [0.15, 0.2) is 24.3 Å². The Morgan fingerprint density at radius 1 is 1.11 bits per heavy atom. The van der Waals surface area contributed by atoms with Gasteiger partial charge in [0.1, 0.15) is 5.82 Å². The molecule has 0 saturated carbocycles. The first-order valence-corrected chi connectivity index (χ1v) is 9.53. The predicted molar refractivity (Wildman–Crippen MR) is 97.8 cm³/mol. The number of aromatic nitrogens is 2. The first-order chi connectivity index (χ1) is 13.6. The molecule has 148 valence electrons. The predicted octanol–water partition coefficient (Wildman–Crippen LogP) is 1.91. The van der Waals surface area contributed by atoms with Gasteiger partial charge in [0, 0.05) is 24.3 Å². The summed E-state index contributed by atoms with van der Waals surface area (Å²) in [6.07, 6.45) is 3.50. The number of fused-ring (bicyclic) bond motifs is 1. The van der Waals surface area contributed by atoms with Gasteiger partial charge in [0.05, 0.1) is 18.9 Å². The van der Waals surface area contributed by atoms with E-state index < -0.39 is 5.97 Å². The van der Waals surface area contributed by atoms with Gasteiger partial charge >= 0.3 is 5.97 Å². The Morgan fingerprint density at radius 2 is 1.82 bits per heavy atom. The molecule has 2 aliphatic rings. The number of rotatable bonds is 4. The van der Waals surface area contributed by atoms with E-state index in [9.17, 15) is 14.0 Å². The van der Waals surface area contributed by atoms with E-state index in [1.54, 1.807) is 21.7 Å². The second kappa shape index (κ2) is 8.10. The van der Waals surface area contributed by atoms with Crippen LogP contribution in [-0.4, -0.2) is 59.5 Å². The summed E-state index contributed by atoms with van der Waals surface area (Å²) >= 11 is 0. The van der Waals surface area contributed by atoms with Crippen molar-refractivity contribution in [3.63, 3.8) is 0 Å². The van der Waals surface area contributed by atoms with Gasteiger partial charge in [0.15, 0.2) is 12.3 Å². The Morgan fingerprint density at radius 3 is 2.57 bits per heavy atom. The summed E-state index contributed by atoms with van der Waals surface area (Å²) < 4.78 is 25.4. The summed E-state index contributed by atoms with van der Waals surface area (Å²) in [5, 5.41) is 4.46. The third-order valence-electron chi connectivity index (χ3n) is 5.14. The number of hydrogen-bond donors (Lipinski definition) is 0. The molecule has 4 rings (SSSR count). The lowest BCUT2D eigenvalue weighted by molar-refractivity contribution is -0.138. The number of hydrogen-bond acceptors (Lipinski definition) is 5. The zero-order valence-corrected chi connectivity index (χ0v) is 15.5. The Kier molecular flexibility index (Phi) is 5.38. The van der Waals surface area contributed by atoms with Gasteiger partial charge in [-0.2, -0.15) is 5.10 Å². The SMILES string of the molecule is O=C(OCC(=O)N1CCOCC1)c1nn(-c2ccc(F)cc2)c2c1CCCC2. The van der Waals surface area contributed by atoms with Crippen molar-refractivity contribution >= 4 is 11.9 Å². The molecular weight excluding hydrogens is 365 g/mol. The molecule has 1 aliphatic carbocycles. The minimum Gasteiger partial charge on any atom is -0.451 e. The van der Waals surface area contributed by atoms with Crippen LogP contribution in [0, 0.1) is 5.82 Å². The third-order valence-corrected chi connectivity index (χ3v) is 5.14. The van der Waals surface area contributed by atoms with E-state index in [0.29, 0.717) is 32.0 Å². The van der Waals surface area contributed by atoms with Gasteiger partial charge in [-0.25, -0.2) is 13.9 Å². The lowest BCUT2D eigenvalue weighted by Crippen LogP contribution is -2.42. The van der Waals surface area contributed by atoms with Crippen LogP contribution in [0.25, 0.3) is 5.69 Å². The van der Waals surface area contributed by atoms with Crippen LogP contribution < -0.4 is 0 Å². The normalized spacial score (nSPS) is 16.5. The summed E-state index contributed by atoms with van der Waals surface area (Å²) in [7, 11) is 0. The fraction of sp³-hybridized carbons (Fsp3) is 0.450. The monoisotopic (exact) mass is 387 g/mol. The highest BCUT2D eigenvalue weighted by molar-refractivity contribution is 5.91. The Hall–Kier alpha value is -2.74. The molecule has 1 fully saturated rings. The highest BCUT2D eigenvalue weighted by Crippen LogP contribution is 2.27. The lowest BCUT2D eigenvalue weighted by Gasteiger charge is -2.26. The van der Waals surface area contributed by atoms with Gasteiger partial charge in [0.25, 0.3) is 5.91 Å². The lowest BCUT2D eigenvalue weighted by atomic mass is 9.95. The zero-order valence-electron chi connectivity index (χ0n) is 15.5. The summed E-state index contributed by atoms with van der Waals surface area (Å²) in [6, 6.07) is 6.00. The van der Waals surface area contributed by atoms with Gasteiger partial charge in [-0.05, 0) is 49.9 Å². The van der Waals surface area contributed by atoms with Gasteiger partial charge in [-0.3, -0.25) is 4.79 Å². The first-order valence-electron chi connectivity index (χ1n) is 9.53. The number of morpholine rings is 1. The zero-order chi connectivity index (χ0) is 19.5. The molecule has 1 aliphatic heterocycles. The van der Waals surface area contributed by atoms with Crippen LogP contribution in [0.2, 0.25) is 0 Å². The van der Waals surface area contributed by atoms with Crippen molar-refractivity contribution in [3.8, 4) is 5.69 Å². The van der Waals surface area contributed by atoms with E-state index in [4.69, 9.17) is 9.47 Å². The van der Waals surface area contributed by atoms with E-state index >= 15 is 0 Å². The quantitative estimate of drug-likeness (QED) is 0.750. The number of benzene rings is 1. The van der Waals surface area contributed by atoms with Crippen LogP contribution in [0.3, 0.4) is 0 Å². The van der Waals surface area contributed by atoms with E-state index in [0.717, 1.165) is 36.9 Å². The van der Waals surface area contributed by atoms with Crippen LogP contribution in [0.4, 0.5) is 4.39 Å². The molecular formula is C20H22FN3O4. The highest BCUT2D eigenvalue weighted by Gasteiger charge is 2.27. The second-order valence-electron chi connectivity index (χ2n) is 6.94. The fourth-order valence-electron chi connectivity index (χ4n) is 3.66. The number of halogens is 1. The molecule has 2 aromatic rings. The van der Waals surface area contributed by atoms with Crippen LogP contribution in [0.1, 0.15) is 34.6 Å². The van der Waals surface area contributed by atoms with Crippen molar-refractivity contribution in [3.05, 3.63) is 47.0 Å². The minimum atomic E-state index is -0.597. The van der Waals surface area contributed by atoms with Crippen molar-refractivity contribution in [2.24, 2.45) is 0 Å². The Bertz CT molecular complexity index is 872. The maximum absolute atomic E-state index is 13.3. The van der Waals surface area contributed by atoms with Crippen molar-refractivity contribution in [2.45, 2.75) is 25.7 Å². The number of carbonyl (C=O) groups is 2. The fourth-order valence-corrected chi connectivity index (χ4v) is 3.66. The number of ether oxygens (including phenoxy) is 2. The molecule has 0 spiro atoms. The van der Waals surface area contributed by atoms with Gasteiger partial charge in [0.2, 0.25) is 0 Å². The maximum Gasteiger partial charge on any atom is 0.359 e. The topological polar surface area (TPSA) is 73.7 Å². The Balaban J connectivity index is 1.52. The molecule has 2 heterocycles. The van der Waals surface area contributed by atoms with Crippen LogP contribution >= 0.6 is 0 Å². The molecule has 0 atom stereocenters. The summed E-state index contributed by atoms with van der Waals surface area (Å²) in [6.45, 7) is 1.69. The highest BCUT2D eigenvalue weighted by atomic mass is 19.1. The molecule has 28 heavy (non-hydrogen) atoms. The molecule has 7 nitrogen and oxygen atoms in total. The van der Waals surface area contributed by atoms with Crippen LogP contribution in [0.5, 0.6) is 0 Å². The smallest absolute Gasteiger partial charge is 0.359 e. The molecule has 1 saturated heterocycles. The van der Waals surface area contributed by atoms with Crippen LogP contribution in [-0.2, 0) is 27.1 Å². The summed E-state index contributed by atoms with van der Waals surface area (Å²) in [4.78, 5) is 26.5. The van der Waals surface area contributed by atoms with E-state index in [1.807, 2.05) is 0 Å². The van der Waals surface area contributed by atoms with Crippen molar-refractivity contribution in [2.75, 3.05) is 32.9 Å². The van der Waals surface area contributed by atoms with Crippen molar-refractivity contribution in [1.82, 2.24) is 14.7 Å². The Labute approximate surface area is 162 Å².